The van der Waals surface area contributed by atoms with Gasteiger partial charge in [-0.25, -0.2) is 8.42 Å². The SMILES string of the molecule is C=CCN(c1ccc(C(=O)Nc2cccc(Cl)c2C)cc1)S(=O)(=O)c1ccccc1. The van der Waals surface area contributed by atoms with Crippen molar-refractivity contribution in [1.29, 1.82) is 0 Å². The summed E-state index contributed by atoms with van der Waals surface area (Å²) in [6.45, 7) is 5.58. The third kappa shape index (κ3) is 4.56. The number of rotatable bonds is 7. The first-order valence-electron chi connectivity index (χ1n) is 9.20. The number of hydrogen-bond donors (Lipinski definition) is 1. The zero-order valence-electron chi connectivity index (χ0n) is 16.4. The van der Waals surface area contributed by atoms with E-state index in [0.717, 1.165) is 5.56 Å². The number of amides is 1. The van der Waals surface area contributed by atoms with Gasteiger partial charge in [-0.1, -0.05) is 41.9 Å². The lowest BCUT2D eigenvalue weighted by atomic mass is 10.1. The fourth-order valence-corrected chi connectivity index (χ4v) is 4.53. The van der Waals surface area contributed by atoms with Crippen molar-refractivity contribution in [2.24, 2.45) is 0 Å². The minimum Gasteiger partial charge on any atom is -0.322 e. The minimum absolute atomic E-state index is 0.102. The number of halogens is 1. The van der Waals surface area contributed by atoms with E-state index in [0.29, 0.717) is 22.0 Å². The fourth-order valence-electron chi connectivity index (χ4n) is 2.90. The molecule has 3 aromatic carbocycles. The molecule has 3 rings (SSSR count). The molecule has 154 valence electrons. The van der Waals surface area contributed by atoms with Gasteiger partial charge in [-0.2, -0.15) is 0 Å². The molecule has 0 radical (unpaired) electrons. The van der Waals surface area contributed by atoms with E-state index < -0.39 is 10.0 Å². The van der Waals surface area contributed by atoms with E-state index in [1.54, 1.807) is 72.8 Å². The van der Waals surface area contributed by atoms with Crippen LogP contribution in [0.25, 0.3) is 0 Å². The highest BCUT2D eigenvalue weighted by Gasteiger charge is 2.24. The molecule has 5 nitrogen and oxygen atoms in total. The Morgan fingerprint density at radius 2 is 1.70 bits per heavy atom. The monoisotopic (exact) mass is 440 g/mol. The van der Waals surface area contributed by atoms with E-state index in [-0.39, 0.29) is 17.3 Å². The highest BCUT2D eigenvalue weighted by molar-refractivity contribution is 7.92. The molecule has 0 atom stereocenters. The summed E-state index contributed by atoms with van der Waals surface area (Å²) in [4.78, 5) is 12.8. The van der Waals surface area contributed by atoms with Gasteiger partial charge in [-0.05, 0) is 61.0 Å². The normalized spacial score (nSPS) is 11.0. The van der Waals surface area contributed by atoms with Crippen LogP contribution in [0.3, 0.4) is 0 Å². The Labute approximate surface area is 181 Å². The second-order valence-corrected chi connectivity index (χ2v) is 8.82. The predicted octanol–water partition coefficient (Wildman–Crippen LogP) is 5.28. The van der Waals surface area contributed by atoms with Crippen LogP contribution in [0.1, 0.15) is 15.9 Å². The van der Waals surface area contributed by atoms with E-state index in [9.17, 15) is 13.2 Å². The lowest BCUT2D eigenvalue weighted by molar-refractivity contribution is 0.102. The van der Waals surface area contributed by atoms with Gasteiger partial charge in [-0.15, -0.1) is 6.58 Å². The summed E-state index contributed by atoms with van der Waals surface area (Å²) in [5.74, 6) is -0.312. The topological polar surface area (TPSA) is 66.5 Å². The summed E-state index contributed by atoms with van der Waals surface area (Å²) in [6.07, 6.45) is 1.52. The first-order valence-corrected chi connectivity index (χ1v) is 11.0. The maximum atomic E-state index is 13.0. The molecule has 7 heteroatoms. The fraction of sp³-hybridized carbons (Fsp3) is 0.0870. The predicted molar refractivity (Wildman–Crippen MR) is 122 cm³/mol. The zero-order valence-corrected chi connectivity index (χ0v) is 18.0. The average molecular weight is 441 g/mol. The van der Waals surface area contributed by atoms with Gasteiger partial charge in [0.1, 0.15) is 0 Å². The molecule has 0 unspecified atom stereocenters. The van der Waals surface area contributed by atoms with Crippen LogP contribution >= 0.6 is 11.6 Å². The Morgan fingerprint density at radius 3 is 2.33 bits per heavy atom. The molecule has 0 aliphatic heterocycles. The highest BCUT2D eigenvalue weighted by atomic mass is 35.5. The van der Waals surface area contributed by atoms with E-state index in [4.69, 9.17) is 11.6 Å². The van der Waals surface area contributed by atoms with Crippen molar-refractivity contribution >= 4 is 38.9 Å². The van der Waals surface area contributed by atoms with Crippen LogP contribution in [0.5, 0.6) is 0 Å². The van der Waals surface area contributed by atoms with E-state index in [1.807, 2.05) is 6.92 Å². The molecule has 30 heavy (non-hydrogen) atoms. The van der Waals surface area contributed by atoms with E-state index in [1.165, 1.54) is 10.4 Å². The van der Waals surface area contributed by atoms with Crippen molar-refractivity contribution in [2.75, 3.05) is 16.2 Å². The Balaban J connectivity index is 1.86. The molecule has 0 aromatic heterocycles. The van der Waals surface area contributed by atoms with Gasteiger partial charge in [-0.3, -0.25) is 9.10 Å². The Morgan fingerprint density at radius 1 is 1.03 bits per heavy atom. The second kappa shape index (κ2) is 9.15. The van der Waals surface area contributed by atoms with Gasteiger partial charge in [0.15, 0.2) is 0 Å². The van der Waals surface area contributed by atoms with Crippen molar-refractivity contribution < 1.29 is 13.2 Å². The van der Waals surface area contributed by atoms with Crippen LogP contribution in [-0.4, -0.2) is 20.9 Å². The molecule has 0 aliphatic carbocycles. The highest BCUT2D eigenvalue weighted by Crippen LogP contribution is 2.26. The van der Waals surface area contributed by atoms with Crippen molar-refractivity contribution in [3.8, 4) is 0 Å². The van der Waals surface area contributed by atoms with Crippen molar-refractivity contribution in [3.05, 3.63) is 102 Å². The molecule has 0 saturated carbocycles. The molecule has 0 spiro atoms. The summed E-state index contributed by atoms with van der Waals surface area (Å²) in [7, 11) is -3.76. The third-order valence-corrected chi connectivity index (χ3v) is 6.78. The number of nitrogens with zero attached hydrogens (tertiary/aromatic N) is 1. The third-order valence-electron chi connectivity index (χ3n) is 4.56. The van der Waals surface area contributed by atoms with Gasteiger partial charge >= 0.3 is 0 Å². The number of carbonyl (C=O) groups is 1. The molecule has 0 bridgehead atoms. The first-order chi connectivity index (χ1) is 14.3. The number of benzene rings is 3. The van der Waals surface area contributed by atoms with Gasteiger partial charge in [0.25, 0.3) is 15.9 Å². The van der Waals surface area contributed by atoms with Crippen LogP contribution in [0.15, 0.2) is 90.3 Å². The summed E-state index contributed by atoms with van der Waals surface area (Å²) in [5.41, 5.74) is 2.23. The lowest BCUT2D eigenvalue weighted by Crippen LogP contribution is -2.31. The quantitative estimate of drug-likeness (QED) is 0.508. The zero-order chi connectivity index (χ0) is 21.7. The second-order valence-electron chi connectivity index (χ2n) is 6.55. The van der Waals surface area contributed by atoms with Crippen LogP contribution in [0, 0.1) is 6.92 Å². The molecule has 1 amide bonds. The Kier molecular flexibility index (Phi) is 6.59. The Hall–Kier alpha value is -3.09. The summed E-state index contributed by atoms with van der Waals surface area (Å²) in [5, 5.41) is 3.39. The largest absolute Gasteiger partial charge is 0.322 e. The van der Waals surface area contributed by atoms with Crippen LogP contribution in [0.2, 0.25) is 5.02 Å². The van der Waals surface area contributed by atoms with Crippen LogP contribution in [-0.2, 0) is 10.0 Å². The van der Waals surface area contributed by atoms with E-state index >= 15 is 0 Å². The van der Waals surface area contributed by atoms with Crippen LogP contribution in [0.4, 0.5) is 11.4 Å². The molecular formula is C23H21ClN2O3S. The maximum absolute atomic E-state index is 13.0. The van der Waals surface area contributed by atoms with E-state index in [2.05, 4.69) is 11.9 Å². The molecule has 1 N–H and O–H groups in total. The Bertz CT molecular complexity index is 1160. The maximum Gasteiger partial charge on any atom is 0.264 e. The van der Waals surface area contributed by atoms with Gasteiger partial charge in [0.2, 0.25) is 0 Å². The lowest BCUT2D eigenvalue weighted by Gasteiger charge is -2.23. The van der Waals surface area contributed by atoms with Crippen LogP contribution < -0.4 is 9.62 Å². The molecule has 0 fully saturated rings. The van der Waals surface area contributed by atoms with Gasteiger partial charge in [0.05, 0.1) is 17.1 Å². The molecule has 3 aromatic rings. The molecule has 0 heterocycles. The molecule has 0 saturated heterocycles. The molecular weight excluding hydrogens is 420 g/mol. The number of nitrogens with one attached hydrogen (secondary N) is 1. The van der Waals surface area contributed by atoms with Crippen molar-refractivity contribution in [3.63, 3.8) is 0 Å². The minimum atomic E-state index is -3.76. The molecule has 0 aliphatic rings. The average Bonchev–Trinajstić information content (AvgIpc) is 2.76. The summed E-state index contributed by atoms with van der Waals surface area (Å²) >= 11 is 6.10. The number of hydrogen-bond acceptors (Lipinski definition) is 3. The number of sulfonamides is 1. The summed E-state index contributed by atoms with van der Waals surface area (Å²) < 4.78 is 27.3. The number of anilines is 2. The smallest absolute Gasteiger partial charge is 0.264 e. The van der Waals surface area contributed by atoms with Crippen molar-refractivity contribution in [1.82, 2.24) is 0 Å². The number of carbonyl (C=O) groups excluding carboxylic acids is 1. The van der Waals surface area contributed by atoms with Gasteiger partial charge in [0, 0.05) is 16.3 Å². The summed E-state index contributed by atoms with van der Waals surface area (Å²) in [6, 6.07) is 19.8. The van der Waals surface area contributed by atoms with Crippen molar-refractivity contribution in [2.45, 2.75) is 11.8 Å². The standard InChI is InChI=1S/C23H21ClN2O3S/c1-3-16-26(30(28,29)20-8-5-4-6-9-20)19-14-12-18(13-15-19)23(27)25-22-11-7-10-21(24)17(22)2/h3-15H,1,16H2,2H3,(H,25,27). The first kappa shape index (κ1) is 21.6. The van der Waals surface area contributed by atoms with Gasteiger partial charge < -0.3 is 5.32 Å².